The summed E-state index contributed by atoms with van der Waals surface area (Å²) in [7, 11) is 1.58. The monoisotopic (exact) mass is 479 g/mol. The predicted octanol–water partition coefficient (Wildman–Crippen LogP) is 3.73. The van der Waals surface area contributed by atoms with E-state index in [1.807, 2.05) is 13.8 Å². The number of amides is 1. The Hall–Kier alpha value is -2.94. The molecule has 0 aromatic heterocycles. The molecule has 0 spiro atoms. The van der Waals surface area contributed by atoms with Gasteiger partial charge < -0.3 is 16.2 Å². The van der Waals surface area contributed by atoms with Gasteiger partial charge in [0.1, 0.15) is 5.75 Å². The number of rotatable bonds is 9. The van der Waals surface area contributed by atoms with Crippen LogP contribution in [-0.4, -0.2) is 25.6 Å². The van der Waals surface area contributed by atoms with Crippen LogP contribution in [0.15, 0.2) is 47.5 Å². The van der Waals surface area contributed by atoms with Gasteiger partial charge >= 0.3 is 0 Å². The summed E-state index contributed by atoms with van der Waals surface area (Å²) >= 11 is 12.0. The summed E-state index contributed by atoms with van der Waals surface area (Å²) in [6, 6.07) is 10.4. The Balaban J connectivity index is 2.11. The molecule has 2 rings (SSSR count). The second-order valence-corrected chi connectivity index (χ2v) is 8.07. The lowest BCUT2D eigenvalue weighted by atomic mass is 10.1. The van der Waals surface area contributed by atoms with Crippen molar-refractivity contribution in [1.82, 2.24) is 10.8 Å². The van der Waals surface area contributed by atoms with Gasteiger partial charge in [0.25, 0.3) is 5.91 Å². The third-order valence-electron chi connectivity index (χ3n) is 4.10. The highest BCUT2D eigenvalue weighted by molar-refractivity contribution is 6.38. The first-order valence-corrected chi connectivity index (χ1v) is 10.5. The largest absolute Gasteiger partial charge is 0.497 e. The molecular weight excluding hydrogens is 453 g/mol. The predicted molar refractivity (Wildman–Crippen MR) is 129 cm³/mol. The van der Waals surface area contributed by atoms with Gasteiger partial charge in [-0.15, -0.1) is 0 Å². The fourth-order valence-electron chi connectivity index (χ4n) is 2.47. The Morgan fingerprint density at radius 1 is 1.19 bits per heavy atom. The van der Waals surface area contributed by atoms with Crippen LogP contribution in [0.2, 0.25) is 10.0 Å². The quantitative estimate of drug-likeness (QED) is 0.143. The Bertz CT molecular complexity index is 969. The minimum atomic E-state index is -0.480. The first-order valence-electron chi connectivity index (χ1n) is 9.77. The van der Waals surface area contributed by atoms with Gasteiger partial charge in [0, 0.05) is 11.6 Å². The molecule has 0 aliphatic carbocycles. The summed E-state index contributed by atoms with van der Waals surface area (Å²) in [5.74, 6) is 0.463. The summed E-state index contributed by atoms with van der Waals surface area (Å²) in [6.07, 6.45) is 1.33. The van der Waals surface area contributed by atoms with Gasteiger partial charge in [0.15, 0.2) is 5.96 Å². The van der Waals surface area contributed by atoms with Gasteiger partial charge in [-0.05, 0) is 47.9 Å². The zero-order valence-electron chi connectivity index (χ0n) is 18.1. The third kappa shape index (κ3) is 7.96. The Labute approximate surface area is 197 Å². The number of aliphatic imine (C=N–C) groups is 1. The zero-order chi connectivity index (χ0) is 23.7. The van der Waals surface area contributed by atoms with E-state index in [2.05, 4.69) is 15.8 Å². The zero-order valence-corrected chi connectivity index (χ0v) is 19.6. The molecule has 0 aliphatic rings. The SMILES string of the molecule is COc1ccc(C(=CC(=O)NC(N)=NCc2cc(Cl)c(N)c(Cl)c2)NOCC(C)C)cc1. The third-order valence-corrected chi connectivity index (χ3v) is 4.72. The van der Waals surface area contributed by atoms with Crippen molar-refractivity contribution >= 4 is 46.5 Å². The summed E-state index contributed by atoms with van der Waals surface area (Å²) in [5.41, 5.74) is 16.6. The fraction of sp³-hybridized carbons (Fsp3) is 0.273. The standard InChI is InChI=1S/C22H27Cl2N5O3/c1-13(2)12-32-29-19(15-4-6-16(31-3)7-5-15)10-20(30)28-22(26)27-11-14-8-17(23)21(25)18(24)9-14/h4-10,13,29H,11-12,25H2,1-3H3,(H3,26,27,28,30). The van der Waals surface area contributed by atoms with Gasteiger partial charge in [-0.3, -0.25) is 20.4 Å². The molecule has 1 amide bonds. The van der Waals surface area contributed by atoms with Crippen LogP contribution in [0, 0.1) is 5.92 Å². The van der Waals surface area contributed by atoms with E-state index in [0.29, 0.717) is 45.3 Å². The lowest BCUT2D eigenvalue weighted by Crippen LogP contribution is -2.36. The molecule has 172 valence electrons. The Morgan fingerprint density at radius 3 is 2.38 bits per heavy atom. The van der Waals surface area contributed by atoms with Crippen LogP contribution >= 0.6 is 23.2 Å². The van der Waals surface area contributed by atoms with Crippen LogP contribution in [0.3, 0.4) is 0 Å². The maximum absolute atomic E-state index is 12.5. The van der Waals surface area contributed by atoms with E-state index in [9.17, 15) is 4.79 Å². The molecule has 0 aliphatic heterocycles. The van der Waals surface area contributed by atoms with E-state index in [4.69, 9.17) is 44.2 Å². The number of carbonyl (C=O) groups is 1. The molecule has 0 atom stereocenters. The molecule has 32 heavy (non-hydrogen) atoms. The molecule has 0 unspecified atom stereocenters. The first-order chi connectivity index (χ1) is 15.2. The number of nitrogens with one attached hydrogen (secondary N) is 2. The molecule has 10 heteroatoms. The van der Waals surface area contributed by atoms with Crippen LogP contribution < -0.4 is 27.0 Å². The second kappa shape index (κ2) is 12.2. The van der Waals surface area contributed by atoms with Gasteiger partial charge in [-0.2, -0.15) is 0 Å². The summed E-state index contributed by atoms with van der Waals surface area (Å²) in [4.78, 5) is 22.1. The molecule has 2 aromatic carbocycles. The summed E-state index contributed by atoms with van der Waals surface area (Å²) in [5, 5.41) is 3.16. The highest BCUT2D eigenvalue weighted by Gasteiger charge is 2.09. The number of benzene rings is 2. The Kier molecular flexibility index (Phi) is 9.64. The number of ether oxygens (including phenoxy) is 1. The molecule has 0 fully saturated rings. The summed E-state index contributed by atoms with van der Waals surface area (Å²) in [6.45, 7) is 4.66. The van der Waals surface area contributed by atoms with Crippen LogP contribution in [0.5, 0.6) is 5.75 Å². The van der Waals surface area contributed by atoms with Gasteiger partial charge in [-0.1, -0.05) is 37.0 Å². The fourth-order valence-corrected chi connectivity index (χ4v) is 3.00. The minimum absolute atomic E-state index is 0.0625. The van der Waals surface area contributed by atoms with E-state index < -0.39 is 5.91 Å². The van der Waals surface area contributed by atoms with Crippen LogP contribution in [0.1, 0.15) is 25.0 Å². The Morgan fingerprint density at radius 2 is 1.81 bits per heavy atom. The van der Waals surface area contributed by atoms with E-state index in [1.54, 1.807) is 43.5 Å². The minimum Gasteiger partial charge on any atom is -0.497 e. The number of halogens is 2. The van der Waals surface area contributed by atoms with Crippen molar-refractivity contribution in [3.63, 3.8) is 0 Å². The molecule has 8 nitrogen and oxygen atoms in total. The molecule has 0 bridgehead atoms. The van der Waals surface area contributed by atoms with Gasteiger partial charge in [-0.25, -0.2) is 4.99 Å². The average Bonchev–Trinajstić information content (AvgIpc) is 2.75. The second-order valence-electron chi connectivity index (χ2n) is 7.26. The summed E-state index contributed by atoms with van der Waals surface area (Å²) < 4.78 is 5.17. The highest BCUT2D eigenvalue weighted by Crippen LogP contribution is 2.29. The first kappa shape index (κ1) is 25.3. The van der Waals surface area contributed by atoms with Crippen LogP contribution in [0.25, 0.3) is 5.70 Å². The number of nitrogen functional groups attached to an aromatic ring is 1. The smallest absolute Gasteiger partial charge is 0.252 e. The number of hydrogen-bond donors (Lipinski definition) is 4. The number of nitrogens with two attached hydrogens (primary N) is 2. The van der Waals surface area contributed by atoms with Crippen molar-refractivity contribution in [1.29, 1.82) is 0 Å². The van der Waals surface area contributed by atoms with Crippen molar-refractivity contribution < 1.29 is 14.4 Å². The molecule has 0 radical (unpaired) electrons. The molecular formula is C22H27Cl2N5O3. The average molecular weight is 480 g/mol. The molecule has 0 heterocycles. The van der Waals surface area contributed by atoms with Crippen molar-refractivity contribution in [2.75, 3.05) is 19.5 Å². The molecule has 0 saturated heterocycles. The molecule has 0 saturated carbocycles. The highest BCUT2D eigenvalue weighted by atomic mass is 35.5. The van der Waals surface area contributed by atoms with Gasteiger partial charge in [0.05, 0.1) is 41.7 Å². The number of guanidine groups is 1. The van der Waals surface area contributed by atoms with E-state index >= 15 is 0 Å². The van der Waals surface area contributed by atoms with Crippen LogP contribution in [0.4, 0.5) is 5.69 Å². The van der Waals surface area contributed by atoms with Gasteiger partial charge in [0.2, 0.25) is 0 Å². The number of anilines is 1. The molecule has 2 aromatic rings. The van der Waals surface area contributed by atoms with E-state index in [1.165, 1.54) is 6.08 Å². The van der Waals surface area contributed by atoms with Crippen molar-refractivity contribution in [3.8, 4) is 5.75 Å². The van der Waals surface area contributed by atoms with Crippen molar-refractivity contribution in [2.45, 2.75) is 20.4 Å². The normalized spacial score (nSPS) is 12.1. The number of hydroxylamine groups is 1. The maximum Gasteiger partial charge on any atom is 0.252 e. The number of nitrogens with zero attached hydrogens (tertiary/aromatic N) is 1. The number of hydrogen-bond acceptors (Lipinski definition) is 6. The lowest BCUT2D eigenvalue weighted by molar-refractivity contribution is -0.115. The lowest BCUT2D eigenvalue weighted by Gasteiger charge is -2.13. The molecule has 6 N–H and O–H groups in total. The maximum atomic E-state index is 12.5. The van der Waals surface area contributed by atoms with E-state index in [-0.39, 0.29) is 12.5 Å². The van der Waals surface area contributed by atoms with Crippen molar-refractivity contribution in [2.24, 2.45) is 16.6 Å². The van der Waals surface area contributed by atoms with Crippen LogP contribution in [-0.2, 0) is 16.2 Å². The number of carbonyl (C=O) groups excluding carboxylic acids is 1. The topological polar surface area (TPSA) is 124 Å². The number of methoxy groups -OCH3 is 1. The van der Waals surface area contributed by atoms with E-state index in [0.717, 1.165) is 5.56 Å². The van der Waals surface area contributed by atoms with Crippen molar-refractivity contribution in [3.05, 3.63) is 63.6 Å².